The van der Waals surface area contributed by atoms with E-state index in [1.165, 1.54) is 0 Å². The highest BCUT2D eigenvalue weighted by Crippen LogP contribution is 2.37. The number of nitrogens with one attached hydrogen (secondary N) is 1. The third kappa shape index (κ3) is 3.91. The van der Waals surface area contributed by atoms with E-state index in [0.29, 0.717) is 11.8 Å². The number of anilines is 1. The van der Waals surface area contributed by atoms with Gasteiger partial charge in [0.2, 0.25) is 0 Å². The summed E-state index contributed by atoms with van der Waals surface area (Å²) in [7, 11) is 0. The number of fused-ring (bicyclic) bond motifs is 1. The molecule has 2 N–H and O–H groups in total. The first kappa shape index (κ1) is 16.3. The van der Waals surface area contributed by atoms with E-state index in [4.69, 9.17) is 4.42 Å². The van der Waals surface area contributed by atoms with Crippen molar-refractivity contribution in [2.75, 3.05) is 25.0 Å². The van der Waals surface area contributed by atoms with Crippen LogP contribution in [0.3, 0.4) is 0 Å². The average molecular weight is 340 g/mol. The van der Waals surface area contributed by atoms with Gasteiger partial charge >= 0.3 is 0 Å². The summed E-state index contributed by atoms with van der Waals surface area (Å²) in [6.45, 7) is 3.06. The Labute approximate surface area is 147 Å². The van der Waals surface area contributed by atoms with E-state index in [2.05, 4.69) is 26.3 Å². The third-order valence-electron chi connectivity index (χ3n) is 5.30. The van der Waals surface area contributed by atoms with Crippen LogP contribution >= 0.6 is 0 Å². The Morgan fingerprint density at radius 3 is 2.92 bits per heavy atom. The molecule has 0 aromatic carbocycles. The molecule has 0 bridgehead atoms. The molecule has 2 aromatic rings. The topological polar surface area (TPSA) is 74.4 Å². The fraction of sp³-hybridized carbons (Fsp3) is 0.474. The normalized spacial score (nSPS) is 29.8. The standard InChI is InChI=1S/C19H24N4O2/c24-18-10-15-13-23(7-1-3-16-4-2-8-25-16)12-14(15)9-17(18)22-19-11-20-5-6-21-19/h1-6,8,11,14-15,17-18,24H,7,9-10,12-13H2,(H,21,22)/b3-1+/t14-,15+,17-,18-/m1/s1. The Morgan fingerprint density at radius 1 is 1.28 bits per heavy atom. The maximum atomic E-state index is 10.5. The number of hydrogen-bond donors (Lipinski definition) is 2. The van der Waals surface area contributed by atoms with E-state index in [1.807, 2.05) is 18.2 Å². The Balaban J connectivity index is 1.32. The molecule has 0 unspecified atom stereocenters. The zero-order valence-electron chi connectivity index (χ0n) is 14.2. The van der Waals surface area contributed by atoms with E-state index in [1.54, 1.807) is 24.9 Å². The van der Waals surface area contributed by atoms with Crippen LogP contribution in [0.5, 0.6) is 0 Å². The first-order chi connectivity index (χ1) is 12.3. The second-order valence-electron chi connectivity index (χ2n) is 7.04. The summed E-state index contributed by atoms with van der Waals surface area (Å²) in [5, 5.41) is 13.9. The Morgan fingerprint density at radius 2 is 2.16 bits per heavy atom. The average Bonchev–Trinajstić information content (AvgIpc) is 3.26. The molecule has 0 spiro atoms. The molecule has 2 aliphatic rings. The maximum absolute atomic E-state index is 10.5. The van der Waals surface area contributed by atoms with Crippen molar-refractivity contribution in [3.05, 3.63) is 48.8 Å². The van der Waals surface area contributed by atoms with Crippen molar-refractivity contribution in [2.24, 2.45) is 11.8 Å². The summed E-state index contributed by atoms with van der Waals surface area (Å²) in [5.41, 5.74) is 0. The highest BCUT2D eigenvalue weighted by atomic mass is 16.3. The molecule has 1 aliphatic heterocycles. The van der Waals surface area contributed by atoms with E-state index < -0.39 is 0 Å². The molecule has 25 heavy (non-hydrogen) atoms. The molecule has 1 saturated carbocycles. The highest BCUT2D eigenvalue weighted by molar-refractivity contribution is 5.42. The van der Waals surface area contributed by atoms with Gasteiger partial charge in [0, 0.05) is 32.0 Å². The highest BCUT2D eigenvalue weighted by Gasteiger charge is 2.41. The van der Waals surface area contributed by atoms with E-state index in [0.717, 1.165) is 44.1 Å². The van der Waals surface area contributed by atoms with Crippen molar-refractivity contribution in [1.82, 2.24) is 14.9 Å². The molecule has 3 heterocycles. The van der Waals surface area contributed by atoms with Crippen LogP contribution in [0.4, 0.5) is 5.82 Å². The van der Waals surface area contributed by atoms with Gasteiger partial charge in [0.15, 0.2) is 0 Å². The predicted octanol–water partition coefficient (Wildman–Crippen LogP) is 2.27. The van der Waals surface area contributed by atoms with E-state index in [-0.39, 0.29) is 12.1 Å². The lowest BCUT2D eigenvalue weighted by Crippen LogP contribution is -2.43. The van der Waals surface area contributed by atoms with Gasteiger partial charge in [0.1, 0.15) is 11.6 Å². The summed E-state index contributed by atoms with van der Waals surface area (Å²) in [4.78, 5) is 10.8. The lowest BCUT2D eigenvalue weighted by atomic mass is 9.77. The quantitative estimate of drug-likeness (QED) is 0.870. The molecular formula is C19H24N4O2. The van der Waals surface area contributed by atoms with Crippen LogP contribution in [0.2, 0.25) is 0 Å². The van der Waals surface area contributed by atoms with Gasteiger partial charge < -0.3 is 14.8 Å². The van der Waals surface area contributed by atoms with Gasteiger partial charge in [-0.2, -0.15) is 0 Å². The largest absolute Gasteiger partial charge is 0.465 e. The van der Waals surface area contributed by atoms with Crippen LogP contribution in [0, 0.1) is 11.8 Å². The molecule has 132 valence electrons. The summed E-state index contributed by atoms with van der Waals surface area (Å²) < 4.78 is 5.32. The predicted molar refractivity (Wildman–Crippen MR) is 95.8 cm³/mol. The molecule has 0 radical (unpaired) electrons. The van der Waals surface area contributed by atoms with Crippen molar-refractivity contribution in [3.8, 4) is 0 Å². The molecule has 2 aromatic heterocycles. The molecule has 4 rings (SSSR count). The van der Waals surface area contributed by atoms with Crippen LogP contribution in [0.15, 0.2) is 47.5 Å². The van der Waals surface area contributed by atoms with Crippen molar-refractivity contribution < 1.29 is 9.52 Å². The number of hydrogen-bond acceptors (Lipinski definition) is 6. The zero-order chi connectivity index (χ0) is 17.1. The zero-order valence-corrected chi connectivity index (χ0v) is 14.2. The van der Waals surface area contributed by atoms with Crippen molar-refractivity contribution in [3.63, 3.8) is 0 Å². The number of rotatable bonds is 5. The minimum Gasteiger partial charge on any atom is -0.465 e. The minimum atomic E-state index is -0.332. The first-order valence-corrected chi connectivity index (χ1v) is 8.91. The van der Waals surface area contributed by atoms with Gasteiger partial charge in [-0.05, 0) is 42.9 Å². The number of aliphatic hydroxyl groups is 1. The van der Waals surface area contributed by atoms with Gasteiger partial charge in [-0.1, -0.05) is 6.08 Å². The molecule has 4 atom stereocenters. The lowest BCUT2D eigenvalue weighted by Gasteiger charge is -2.35. The maximum Gasteiger partial charge on any atom is 0.144 e. The summed E-state index contributed by atoms with van der Waals surface area (Å²) in [6.07, 6.45) is 12.4. The van der Waals surface area contributed by atoms with Gasteiger partial charge in [0.05, 0.1) is 24.6 Å². The fourth-order valence-electron chi connectivity index (χ4n) is 4.10. The Kier molecular flexibility index (Phi) is 4.81. The van der Waals surface area contributed by atoms with Crippen molar-refractivity contribution >= 4 is 11.9 Å². The monoisotopic (exact) mass is 340 g/mol. The van der Waals surface area contributed by atoms with Crippen molar-refractivity contribution in [1.29, 1.82) is 0 Å². The van der Waals surface area contributed by atoms with Crippen LogP contribution in [-0.4, -0.2) is 51.8 Å². The number of aliphatic hydroxyl groups excluding tert-OH is 1. The third-order valence-corrected chi connectivity index (χ3v) is 5.30. The molecule has 0 amide bonds. The van der Waals surface area contributed by atoms with Crippen LogP contribution in [0.25, 0.3) is 6.08 Å². The molecule has 1 saturated heterocycles. The van der Waals surface area contributed by atoms with Crippen LogP contribution in [-0.2, 0) is 0 Å². The fourth-order valence-corrected chi connectivity index (χ4v) is 4.10. The Bertz CT molecular complexity index is 689. The van der Waals surface area contributed by atoms with Crippen LogP contribution < -0.4 is 5.32 Å². The number of furan rings is 1. The number of nitrogens with zero attached hydrogens (tertiary/aromatic N) is 3. The van der Waals surface area contributed by atoms with Crippen molar-refractivity contribution in [2.45, 2.75) is 25.0 Å². The summed E-state index contributed by atoms with van der Waals surface area (Å²) >= 11 is 0. The molecule has 6 heteroatoms. The van der Waals surface area contributed by atoms with Crippen LogP contribution in [0.1, 0.15) is 18.6 Å². The van der Waals surface area contributed by atoms with E-state index >= 15 is 0 Å². The summed E-state index contributed by atoms with van der Waals surface area (Å²) in [6, 6.07) is 3.91. The van der Waals surface area contributed by atoms with Gasteiger partial charge in [0.25, 0.3) is 0 Å². The SMILES string of the molecule is O[C@@H]1C[C@H]2CN(C/C=C/c3ccco3)C[C@H]2C[C@H]1Nc1cnccn1. The second-order valence-corrected chi connectivity index (χ2v) is 7.04. The Hall–Kier alpha value is -2.18. The lowest BCUT2D eigenvalue weighted by molar-refractivity contribution is 0.0735. The van der Waals surface area contributed by atoms with E-state index in [9.17, 15) is 5.11 Å². The molecule has 6 nitrogen and oxygen atoms in total. The number of aromatic nitrogens is 2. The van der Waals surface area contributed by atoms with Gasteiger partial charge in [-0.25, -0.2) is 4.98 Å². The van der Waals surface area contributed by atoms with Gasteiger partial charge in [-0.3, -0.25) is 9.88 Å². The second kappa shape index (κ2) is 7.37. The molecule has 2 fully saturated rings. The molecule has 1 aliphatic carbocycles. The first-order valence-electron chi connectivity index (χ1n) is 8.91. The smallest absolute Gasteiger partial charge is 0.144 e. The molecular weight excluding hydrogens is 316 g/mol. The van der Waals surface area contributed by atoms with Gasteiger partial charge in [-0.15, -0.1) is 0 Å². The minimum absolute atomic E-state index is 0.0524. The number of likely N-dealkylation sites (tertiary alicyclic amines) is 1. The summed E-state index contributed by atoms with van der Waals surface area (Å²) in [5.74, 6) is 2.82.